The number of aromatic nitrogens is 2. The normalized spacial score (nSPS) is 14.2. The Bertz CT molecular complexity index is 941. The summed E-state index contributed by atoms with van der Waals surface area (Å²) in [6.07, 6.45) is 0. The summed E-state index contributed by atoms with van der Waals surface area (Å²) in [4.78, 5) is 16.9. The molecule has 0 unspecified atom stereocenters. The fourth-order valence-electron chi connectivity index (χ4n) is 3.68. The fraction of sp³-hybridized carbons (Fsp3) is 0.261. The second-order valence-corrected chi connectivity index (χ2v) is 7.30. The second-order valence-electron chi connectivity index (χ2n) is 7.30. The van der Waals surface area contributed by atoms with Gasteiger partial charge in [0.15, 0.2) is 5.82 Å². The van der Waals surface area contributed by atoms with Crippen LogP contribution in [0.1, 0.15) is 21.5 Å². The molecule has 0 saturated carbocycles. The van der Waals surface area contributed by atoms with Crippen LogP contribution in [-0.4, -0.2) is 47.2 Å². The molecule has 1 saturated heterocycles. The van der Waals surface area contributed by atoms with Crippen LogP contribution in [0, 0.1) is 13.8 Å². The lowest BCUT2D eigenvalue weighted by Crippen LogP contribution is -2.49. The van der Waals surface area contributed by atoms with E-state index in [1.54, 1.807) is 0 Å². The maximum atomic E-state index is 12.8. The highest BCUT2D eigenvalue weighted by Gasteiger charge is 2.23. The first-order chi connectivity index (χ1) is 13.6. The van der Waals surface area contributed by atoms with Gasteiger partial charge in [-0.25, -0.2) is 0 Å². The summed E-state index contributed by atoms with van der Waals surface area (Å²) < 4.78 is 0. The molecule has 1 aromatic heterocycles. The summed E-state index contributed by atoms with van der Waals surface area (Å²) in [5, 5.41) is 8.78. The molecule has 1 aliphatic heterocycles. The van der Waals surface area contributed by atoms with Crippen molar-refractivity contribution in [2.75, 3.05) is 31.1 Å². The number of aryl methyl sites for hydroxylation is 2. The Labute approximate surface area is 165 Å². The monoisotopic (exact) mass is 372 g/mol. The van der Waals surface area contributed by atoms with E-state index in [1.807, 2.05) is 73.3 Å². The van der Waals surface area contributed by atoms with E-state index in [0.717, 1.165) is 46.9 Å². The van der Waals surface area contributed by atoms with Gasteiger partial charge >= 0.3 is 0 Å². The lowest BCUT2D eigenvalue weighted by atomic mass is 10.1. The smallest absolute Gasteiger partial charge is 0.253 e. The van der Waals surface area contributed by atoms with Crippen molar-refractivity contribution in [3.05, 3.63) is 77.4 Å². The third kappa shape index (κ3) is 3.88. The number of carbonyl (C=O) groups is 1. The number of rotatable bonds is 3. The Kier molecular flexibility index (Phi) is 5.06. The summed E-state index contributed by atoms with van der Waals surface area (Å²) in [5.41, 5.74) is 4.95. The van der Waals surface area contributed by atoms with E-state index in [1.165, 1.54) is 0 Å². The van der Waals surface area contributed by atoms with Crippen LogP contribution in [-0.2, 0) is 0 Å². The van der Waals surface area contributed by atoms with Gasteiger partial charge in [-0.1, -0.05) is 47.5 Å². The quantitative estimate of drug-likeness (QED) is 0.703. The molecule has 5 heteroatoms. The first-order valence-corrected chi connectivity index (χ1v) is 9.62. The summed E-state index contributed by atoms with van der Waals surface area (Å²) in [7, 11) is 0. The minimum Gasteiger partial charge on any atom is -0.352 e. The minimum atomic E-state index is 0.108. The number of benzene rings is 2. The van der Waals surface area contributed by atoms with E-state index in [0.29, 0.717) is 13.1 Å². The van der Waals surface area contributed by atoms with Crippen molar-refractivity contribution in [3.8, 4) is 11.3 Å². The molecule has 2 aromatic carbocycles. The van der Waals surface area contributed by atoms with Crippen molar-refractivity contribution < 1.29 is 4.79 Å². The van der Waals surface area contributed by atoms with E-state index < -0.39 is 0 Å². The van der Waals surface area contributed by atoms with Gasteiger partial charge in [-0.2, -0.15) is 0 Å². The van der Waals surface area contributed by atoms with E-state index in [9.17, 15) is 4.79 Å². The third-order valence-electron chi connectivity index (χ3n) is 5.08. The largest absolute Gasteiger partial charge is 0.352 e. The number of anilines is 1. The molecule has 0 aliphatic carbocycles. The molecule has 0 radical (unpaired) electrons. The SMILES string of the molecule is Cc1cc(C)cc(C(=O)N2CCN(c3ccc(-c4ccccc4)nn3)CC2)c1. The van der Waals surface area contributed by atoms with Crippen LogP contribution in [0.25, 0.3) is 11.3 Å². The molecule has 0 N–H and O–H groups in total. The van der Waals surface area contributed by atoms with Crippen LogP contribution in [0.15, 0.2) is 60.7 Å². The van der Waals surface area contributed by atoms with Crippen molar-refractivity contribution in [1.82, 2.24) is 15.1 Å². The van der Waals surface area contributed by atoms with Crippen molar-refractivity contribution in [2.45, 2.75) is 13.8 Å². The zero-order valence-electron chi connectivity index (χ0n) is 16.3. The number of hydrogen-bond acceptors (Lipinski definition) is 4. The molecular weight excluding hydrogens is 348 g/mol. The summed E-state index contributed by atoms with van der Waals surface area (Å²) in [6.45, 7) is 6.95. The van der Waals surface area contributed by atoms with Gasteiger partial charge in [0.05, 0.1) is 5.69 Å². The molecule has 2 heterocycles. The molecule has 142 valence electrons. The van der Waals surface area contributed by atoms with Crippen LogP contribution in [0.2, 0.25) is 0 Å². The lowest BCUT2D eigenvalue weighted by Gasteiger charge is -2.35. The zero-order chi connectivity index (χ0) is 19.5. The van der Waals surface area contributed by atoms with E-state index in [4.69, 9.17) is 0 Å². The molecule has 0 bridgehead atoms. The Morgan fingerprint density at radius 2 is 1.50 bits per heavy atom. The molecular formula is C23H24N4O. The highest BCUT2D eigenvalue weighted by atomic mass is 16.2. The van der Waals surface area contributed by atoms with Crippen LogP contribution in [0.3, 0.4) is 0 Å². The number of amides is 1. The molecule has 0 atom stereocenters. The molecule has 3 aromatic rings. The van der Waals surface area contributed by atoms with Gasteiger partial charge < -0.3 is 9.80 Å². The van der Waals surface area contributed by atoms with Gasteiger partial charge in [-0.05, 0) is 38.1 Å². The van der Waals surface area contributed by atoms with Crippen LogP contribution in [0.4, 0.5) is 5.82 Å². The van der Waals surface area contributed by atoms with Gasteiger partial charge in [-0.15, -0.1) is 10.2 Å². The maximum absolute atomic E-state index is 12.8. The van der Waals surface area contributed by atoms with Crippen molar-refractivity contribution in [1.29, 1.82) is 0 Å². The molecule has 1 amide bonds. The van der Waals surface area contributed by atoms with Crippen LogP contribution >= 0.6 is 0 Å². The predicted octanol–water partition coefficient (Wildman–Crippen LogP) is 3.72. The fourth-order valence-corrected chi connectivity index (χ4v) is 3.68. The average Bonchev–Trinajstić information content (AvgIpc) is 2.73. The van der Waals surface area contributed by atoms with Gasteiger partial charge in [0.25, 0.3) is 5.91 Å². The van der Waals surface area contributed by atoms with Crippen LogP contribution < -0.4 is 4.90 Å². The van der Waals surface area contributed by atoms with Gasteiger partial charge in [0.2, 0.25) is 0 Å². The lowest BCUT2D eigenvalue weighted by molar-refractivity contribution is 0.0746. The summed E-state index contributed by atoms with van der Waals surface area (Å²) >= 11 is 0. The number of carbonyl (C=O) groups excluding carboxylic acids is 1. The minimum absolute atomic E-state index is 0.108. The molecule has 4 rings (SSSR count). The number of piperazine rings is 1. The molecule has 5 nitrogen and oxygen atoms in total. The van der Waals surface area contributed by atoms with Crippen LogP contribution in [0.5, 0.6) is 0 Å². The highest BCUT2D eigenvalue weighted by molar-refractivity contribution is 5.94. The summed E-state index contributed by atoms with van der Waals surface area (Å²) in [6, 6.07) is 20.1. The number of hydrogen-bond donors (Lipinski definition) is 0. The predicted molar refractivity (Wildman–Crippen MR) is 112 cm³/mol. The van der Waals surface area contributed by atoms with Gasteiger partial charge in [-0.3, -0.25) is 4.79 Å². The average molecular weight is 372 g/mol. The first kappa shape index (κ1) is 18.2. The zero-order valence-corrected chi connectivity index (χ0v) is 16.3. The van der Waals surface area contributed by atoms with E-state index in [2.05, 4.69) is 21.2 Å². The van der Waals surface area contributed by atoms with E-state index in [-0.39, 0.29) is 5.91 Å². The molecule has 1 aliphatic rings. The van der Waals surface area contributed by atoms with E-state index >= 15 is 0 Å². The Balaban J connectivity index is 1.40. The summed E-state index contributed by atoms with van der Waals surface area (Å²) in [5.74, 6) is 0.968. The van der Waals surface area contributed by atoms with Crippen molar-refractivity contribution in [3.63, 3.8) is 0 Å². The van der Waals surface area contributed by atoms with Gasteiger partial charge in [0.1, 0.15) is 0 Å². The molecule has 0 spiro atoms. The topological polar surface area (TPSA) is 49.3 Å². The Morgan fingerprint density at radius 1 is 0.821 bits per heavy atom. The van der Waals surface area contributed by atoms with Crippen molar-refractivity contribution >= 4 is 11.7 Å². The molecule has 28 heavy (non-hydrogen) atoms. The standard InChI is InChI=1S/C23H24N4O/c1-17-14-18(2)16-20(15-17)23(28)27-12-10-26(11-13-27)22-9-8-21(24-25-22)19-6-4-3-5-7-19/h3-9,14-16H,10-13H2,1-2H3. The number of nitrogens with zero attached hydrogens (tertiary/aromatic N) is 4. The molecule has 1 fully saturated rings. The second kappa shape index (κ2) is 7.80. The Morgan fingerprint density at radius 3 is 2.11 bits per heavy atom. The highest BCUT2D eigenvalue weighted by Crippen LogP contribution is 2.20. The van der Waals surface area contributed by atoms with Crippen molar-refractivity contribution in [2.24, 2.45) is 0 Å². The first-order valence-electron chi connectivity index (χ1n) is 9.62. The van der Waals surface area contributed by atoms with Gasteiger partial charge in [0, 0.05) is 37.3 Å². The Hall–Kier alpha value is -3.21. The third-order valence-corrected chi connectivity index (χ3v) is 5.08. The maximum Gasteiger partial charge on any atom is 0.253 e.